The molecule has 0 fully saturated rings. The number of nitrogens with zero attached hydrogens (tertiary/aromatic N) is 1. The Morgan fingerprint density at radius 1 is 1.27 bits per heavy atom. The minimum Gasteiger partial charge on any atom is -0.351 e. The minimum atomic E-state index is 0.531. The first-order valence-corrected chi connectivity index (χ1v) is 5.45. The summed E-state index contributed by atoms with van der Waals surface area (Å²) < 4.78 is 2.16. The highest BCUT2D eigenvalue weighted by atomic mass is 14.9. The molecule has 0 aliphatic rings. The van der Waals surface area contributed by atoms with Gasteiger partial charge in [-0.25, -0.2) is 0 Å². The van der Waals surface area contributed by atoms with E-state index in [0.29, 0.717) is 6.04 Å². The van der Waals surface area contributed by atoms with Crippen LogP contribution in [-0.4, -0.2) is 10.6 Å². The third kappa shape index (κ3) is 2.05. The van der Waals surface area contributed by atoms with E-state index in [2.05, 4.69) is 61.2 Å². The lowest BCUT2D eigenvalue weighted by molar-refractivity contribution is 0.591. The average molecular weight is 202 g/mol. The van der Waals surface area contributed by atoms with Crippen molar-refractivity contribution < 1.29 is 0 Å². The fourth-order valence-corrected chi connectivity index (χ4v) is 1.83. The number of hydrogen-bond acceptors (Lipinski definition) is 1. The molecule has 0 atom stereocenters. The molecule has 0 amide bonds. The van der Waals surface area contributed by atoms with Crippen LogP contribution in [0.4, 0.5) is 0 Å². The zero-order valence-corrected chi connectivity index (χ0v) is 9.62. The summed E-state index contributed by atoms with van der Waals surface area (Å²) in [6.45, 7) is 5.29. The number of aromatic nitrogens is 1. The molecule has 1 N–H and O–H groups in total. The highest BCUT2D eigenvalue weighted by Gasteiger charge is 2.03. The zero-order chi connectivity index (χ0) is 10.8. The van der Waals surface area contributed by atoms with E-state index in [9.17, 15) is 0 Å². The third-order valence-corrected chi connectivity index (χ3v) is 2.72. The monoisotopic (exact) mass is 202 g/mol. The molecule has 2 aromatic rings. The Labute approximate surface area is 90.9 Å². The van der Waals surface area contributed by atoms with Crippen LogP contribution >= 0.6 is 0 Å². The molecule has 0 aliphatic heterocycles. The van der Waals surface area contributed by atoms with Crippen LogP contribution in [0.3, 0.4) is 0 Å². The number of fused-ring (bicyclic) bond motifs is 1. The van der Waals surface area contributed by atoms with Crippen molar-refractivity contribution in [3.8, 4) is 0 Å². The summed E-state index contributed by atoms with van der Waals surface area (Å²) in [4.78, 5) is 0. The van der Waals surface area contributed by atoms with Crippen LogP contribution < -0.4 is 5.32 Å². The lowest BCUT2D eigenvalue weighted by atomic mass is 10.1. The lowest BCUT2D eigenvalue weighted by Crippen LogP contribution is -2.21. The Morgan fingerprint density at radius 3 is 2.80 bits per heavy atom. The molecule has 0 spiro atoms. The summed E-state index contributed by atoms with van der Waals surface area (Å²) in [7, 11) is 2.09. The maximum Gasteiger partial charge on any atom is 0.0480 e. The topological polar surface area (TPSA) is 17.0 Å². The summed E-state index contributed by atoms with van der Waals surface area (Å²) in [5.74, 6) is 0. The van der Waals surface area contributed by atoms with Crippen LogP contribution in [0.5, 0.6) is 0 Å². The fourth-order valence-electron chi connectivity index (χ4n) is 1.83. The second kappa shape index (κ2) is 4.07. The van der Waals surface area contributed by atoms with E-state index in [-0.39, 0.29) is 0 Å². The van der Waals surface area contributed by atoms with Gasteiger partial charge < -0.3 is 9.88 Å². The van der Waals surface area contributed by atoms with Gasteiger partial charge in [-0.15, -0.1) is 0 Å². The minimum absolute atomic E-state index is 0.531. The van der Waals surface area contributed by atoms with Crippen LogP contribution in [0.15, 0.2) is 30.5 Å². The molecule has 0 saturated heterocycles. The highest BCUT2D eigenvalue weighted by Crippen LogP contribution is 2.19. The number of hydrogen-bond donors (Lipinski definition) is 1. The van der Waals surface area contributed by atoms with Crippen LogP contribution in [-0.2, 0) is 13.6 Å². The second-order valence-electron chi connectivity index (χ2n) is 4.31. The first-order valence-electron chi connectivity index (χ1n) is 5.45. The van der Waals surface area contributed by atoms with E-state index in [0.717, 1.165) is 6.54 Å². The quantitative estimate of drug-likeness (QED) is 0.809. The summed E-state index contributed by atoms with van der Waals surface area (Å²) in [5.41, 5.74) is 2.68. The standard InChI is InChI=1S/C13H18N2/c1-10(2)14-9-11-5-4-6-13-12(11)7-8-15(13)3/h4-8,10,14H,9H2,1-3H3. The molecule has 2 heteroatoms. The number of benzene rings is 1. The number of nitrogens with one attached hydrogen (secondary N) is 1. The van der Waals surface area contributed by atoms with Gasteiger partial charge in [0, 0.05) is 36.7 Å². The maximum absolute atomic E-state index is 3.45. The summed E-state index contributed by atoms with van der Waals surface area (Å²) in [6.07, 6.45) is 2.11. The molecular formula is C13H18N2. The fraction of sp³-hybridized carbons (Fsp3) is 0.385. The molecular weight excluding hydrogens is 184 g/mol. The van der Waals surface area contributed by atoms with Gasteiger partial charge in [-0.05, 0) is 17.7 Å². The molecule has 15 heavy (non-hydrogen) atoms. The van der Waals surface area contributed by atoms with E-state index in [1.54, 1.807) is 0 Å². The third-order valence-electron chi connectivity index (χ3n) is 2.72. The van der Waals surface area contributed by atoms with Crippen LogP contribution in [0.2, 0.25) is 0 Å². The first-order chi connectivity index (χ1) is 7.18. The van der Waals surface area contributed by atoms with Crippen molar-refractivity contribution >= 4 is 10.9 Å². The van der Waals surface area contributed by atoms with Gasteiger partial charge in [-0.1, -0.05) is 26.0 Å². The Hall–Kier alpha value is -1.28. The molecule has 0 radical (unpaired) electrons. The Kier molecular flexibility index (Phi) is 2.78. The van der Waals surface area contributed by atoms with Gasteiger partial charge in [0.2, 0.25) is 0 Å². The van der Waals surface area contributed by atoms with Crippen molar-refractivity contribution in [2.24, 2.45) is 7.05 Å². The van der Waals surface area contributed by atoms with Crippen molar-refractivity contribution in [2.45, 2.75) is 26.4 Å². The van der Waals surface area contributed by atoms with Crippen molar-refractivity contribution in [3.05, 3.63) is 36.0 Å². The normalized spacial score (nSPS) is 11.5. The summed E-state index contributed by atoms with van der Waals surface area (Å²) in [6, 6.07) is 9.20. The van der Waals surface area contributed by atoms with E-state index in [1.807, 2.05) is 0 Å². The van der Waals surface area contributed by atoms with Crippen LogP contribution in [0.1, 0.15) is 19.4 Å². The number of rotatable bonds is 3. The molecule has 1 aromatic carbocycles. The predicted molar refractivity (Wildman–Crippen MR) is 64.9 cm³/mol. The lowest BCUT2D eigenvalue weighted by Gasteiger charge is -2.09. The van der Waals surface area contributed by atoms with Crippen LogP contribution in [0.25, 0.3) is 10.9 Å². The molecule has 0 saturated carbocycles. The summed E-state index contributed by atoms with van der Waals surface area (Å²) in [5, 5.41) is 4.81. The molecule has 80 valence electrons. The maximum atomic E-state index is 3.45. The molecule has 0 bridgehead atoms. The number of aryl methyl sites for hydroxylation is 1. The molecule has 1 aromatic heterocycles. The first kappa shape index (κ1) is 10.2. The van der Waals surface area contributed by atoms with Gasteiger partial charge >= 0.3 is 0 Å². The van der Waals surface area contributed by atoms with Crippen molar-refractivity contribution in [1.29, 1.82) is 0 Å². The van der Waals surface area contributed by atoms with Crippen LogP contribution in [0, 0.1) is 0 Å². The van der Waals surface area contributed by atoms with Gasteiger partial charge in [0.05, 0.1) is 0 Å². The molecule has 0 unspecified atom stereocenters. The van der Waals surface area contributed by atoms with E-state index in [1.165, 1.54) is 16.5 Å². The van der Waals surface area contributed by atoms with E-state index >= 15 is 0 Å². The Balaban J connectivity index is 2.34. The summed E-state index contributed by atoms with van der Waals surface area (Å²) >= 11 is 0. The molecule has 0 aliphatic carbocycles. The van der Waals surface area contributed by atoms with E-state index < -0.39 is 0 Å². The van der Waals surface area contributed by atoms with Gasteiger partial charge in [-0.2, -0.15) is 0 Å². The predicted octanol–water partition coefficient (Wildman–Crippen LogP) is 2.68. The molecule has 1 heterocycles. The smallest absolute Gasteiger partial charge is 0.0480 e. The van der Waals surface area contributed by atoms with Crippen molar-refractivity contribution in [2.75, 3.05) is 0 Å². The van der Waals surface area contributed by atoms with Gasteiger partial charge in [-0.3, -0.25) is 0 Å². The average Bonchev–Trinajstić information content (AvgIpc) is 2.58. The highest BCUT2D eigenvalue weighted by molar-refractivity contribution is 5.83. The van der Waals surface area contributed by atoms with E-state index in [4.69, 9.17) is 0 Å². The largest absolute Gasteiger partial charge is 0.351 e. The molecule has 2 rings (SSSR count). The SMILES string of the molecule is CC(C)NCc1cccc2c1ccn2C. The molecule has 2 nitrogen and oxygen atoms in total. The van der Waals surface area contributed by atoms with Gasteiger partial charge in [0.25, 0.3) is 0 Å². The van der Waals surface area contributed by atoms with Gasteiger partial charge in [0.15, 0.2) is 0 Å². The van der Waals surface area contributed by atoms with Gasteiger partial charge in [0.1, 0.15) is 0 Å². The van der Waals surface area contributed by atoms with Crippen molar-refractivity contribution in [1.82, 2.24) is 9.88 Å². The second-order valence-corrected chi connectivity index (χ2v) is 4.31. The Bertz CT molecular complexity index is 455. The Morgan fingerprint density at radius 2 is 2.07 bits per heavy atom. The van der Waals surface area contributed by atoms with Crippen molar-refractivity contribution in [3.63, 3.8) is 0 Å². The zero-order valence-electron chi connectivity index (χ0n) is 9.62.